The van der Waals surface area contributed by atoms with Gasteiger partial charge in [0.15, 0.2) is 0 Å². The Morgan fingerprint density at radius 1 is 1.40 bits per heavy atom. The van der Waals surface area contributed by atoms with Crippen molar-refractivity contribution in [2.75, 3.05) is 0 Å². The average Bonchev–Trinajstić information content (AvgIpc) is 2.12. The second kappa shape index (κ2) is 4.97. The molecule has 3 nitrogen and oxygen atoms in total. The number of hydrogen-bond acceptors (Lipinski definition) is 2. The number of carbonyl (C=O) groups is 1. The number of rotatable bonds is 6. The summed E-state index contributed by atoms with van der Waals surface area (Å²) >= 11 is 0. The third kappa shape index (κ3) is 2.33. The summed E-state index contributed by atoms with van der Waals surface area (Å²) in [4.78, 5) is 11.4. The SMILES string of the molecule is CCCC(CCC)C1(C(=O)O)CC(N)C1. The molecule has 0 aromatic heterocycles. The first-order chi connectivity index (χ1) is 7.06. The van der Waals surface area contributed by atoms with Gasteiger partial charge in [0, 0.05) is 6.04 Å². The van der Waals surface area contributed by atoms with Crippen molar-refractivity contribution in [1.29, 1.82) is 0 Å². The summed E-state index contributed by atoms with van der Waals surface area (Å²) in [6.07, 6.45) is 5.52. The number of nitrogens with two attached hydrogens (primary N) is 1. The van der Waals surface area contributed by atoms with Crippen LogP contribution in [0.25, 0.3) is 0 Å². The maximum absolute atomic E-state index is 11.4. The van der Waals surface area contributed by atoms with Gasteiger partial charge in [0.25, 0.3) is 0 Å². The van der Waals surface area contributed by atoms with E-state index in [0.717, 1.165) is 25.7 Å². The molecular weight excluding hydrogens is 190 g/mol. The first kappa shape index (κ1) is 12.5. The fraction of sp³-hybridized carbons (Fsp3) is 0.917. The van der Waals surface area contributed by atoms with Crippen molar-refractivity contribution in [3.05, 3.63) is 0 Å². The minimum absolute atomic E-state index is 0.109. The van der Waals surface area contributed by atoms with Crippen LogP contribution in [0, 0.1) is 11.3 Å². The van der Waals surface area contributed by atoms with Crippen LogP contribution in [0.4, 0.5) is 0 Å². The normalized spacial score (nSPS) is 30.3. The van der Waals surface area contributed by atoms with Crippen LogP contribution in [0.2, 0.25) is 0 Å². The van der Waals surface area contributed by atoms with E-state index in [1.54, 1.807) is 0 Å². The van der Waals surface area contributed by atoms with E-state index in [9.17, 15) is 9.90 Å². The van der Waals surface area contributed by atoms with Crippen molar-refractivity contribution < 1.29 is 9.90 Å². The lowest BCUT2D eigenvalue weighted by Crippen LogP contribution is -2.55. The van der Waals surface area contributed by atoms with E-state index in [4.69, 9.17) is 5.73 Å². The first-order valence-electron chi connectivity index (χ1n) is 6.05. The molecule has 1 saturated carbocycles. The lowest BCUT2D eigenvalue weighted by atomic mass is 9.57. The molecule has 0 unspecified atom stereocenters. The highest BCUT2D eigenvalue weighted by Crippen LogP contribution is 2.50. The molecular formula is C12H23NO2. The van der Waals surface area contributed by atoms with Crippen LogP contribution in [-0.4, -0.2) is 17.1 Å². The van der Waals surface area contributed by atoms with E-state index in [1.165, 1.54) is 0 Å². The fourth-order valence-corrected chi connectivity index (χ4v) is 2.95. The largest absolute Gasteiger partial charge is 0.481 e. The Kier molecular flexibility index (Phi) is 4.14. The van der Waals surface area contributed by atoms with Crippen molar-refractivity contribution in [2.45, 2.75) is 58.4 Å². The number of carboxylic acid groups (broad SMARTS) is 1. The van der Waals surface area contributed by atoms with Gasteiger partial charge in [-0.05, 0) is 31.6 Å². The van der Waals surface area contributed by atoms with Gasteiger partial charge in [-0.1, -0.05) is 26.7 Å². The van der Waals surface area contributed by atoms with E-state index < -0.39 is 11.4 Å². The van der Waals surface area contributed by atoms with E-state index in [-0.39, 0.29) is 6.04 Å². The standard InChI is InChI=1S/C12H23NO2/c1-3-5-9(6-4-2)12(11(14)15)7-10(13)8-12/h9-10H,3-8,13H2,1-2H3,(H,14,15). The Morgan fingerprint density at radius 3 is 2.13 bits per heavy atom. The Morgan fingerprint density at radius 2 is 1.87 bits per heavy atom. The molecule has 1 rings (SSSR count). The zero-order valence-electron chi connectivity index (χ0n) is 9.83. The van der Waals surface area contributed by atoms with Gasteiger partial charge in [0.2, 0.25) is 0 Å². The van der Waals surface area contributed by atoms with Crippen molar-refractivity contribution in [3.63, 3.8) is 0 Å². The number of carboxylic acids is 1. The van der Waals surface area contributed by atoms with Crippen LogP contribution < -0.4 is 5.73 Å². The van der Waals surface area contributed by atoms with Gasteiger partial charge in [-0.15, -0.1) is 0 Å². The first-order valence-corrected chi connectivity index (χ1v) is 6.05. The molecule has 0 radical (unpaired) electrons. The Hall–Kier alpha value is -0.570. The molecule has 0 aliphatic heterocycles. The van der Waals surface area contributed by atoms with Crippen molar-refractivity contribution >= 4 is 5.97 Å². The van der Waals surface area contributed by atoms with Gasteiger partial charge in [-0.3, -0.25) is 4.79 Å². The summed E-state index contributed by atoms with van der Waals surface area (Å²) in [5.74, 6) is -0.305. The van der Waals surface area contributed by atoms with E-state index in [1.807, 2.05) is 0 Å². The Bertz CT molecular complexity index is 216. The molecule has 0 heterocycles. The Labute approximate surface area is 92.0 Å². The van der Waals surface area contributed by atoms with Gasteiger partial charge in [0.1, 0.15) is 0 Å². The molecule has 15 heavy (non-hydrogen) atoms. The summed E-state index contributed by atoms with van der Waals surface area (Å²) in [7, 11) is 0. The zero-order chi connectivity index (χ0) is 11.5. The average molecular weight is 213 g/mol. The van der Waals surface area contributed by atoms with Gasteiger partial charge >= 0.3 is 5.97 Å². The zero-order valence-corrected chi connectivity index (χ0v) is 9.83. The van der Waals surface area contributed by atoms with Crippen LogP contribution in [-0.2, 0) is 4.79 Å². The second-order valence-electron chi connectivity index (χ2n) is 4.90. The molecule has 3 N–H and O–H groups in total. The smallest absolute Gasteiger partial charge is 0.310 e. The topological polar surface area (TPSA) is 63.3 Å². The van der Waals surface area contributed by atoms with E-state index >= 15 is 0 Å². The Balaban J connectivity index is 2.72. The number of hydrogen-bond donors (Lipinski definition) is 2. The van der Waals surface area contributed by atoms with Crippen molar-refractivity contribution in [2.24, 2.45) is 17.1 Å². The molecule has 0 saturated heterocycles. The molecule has 0 atom stereocenters. The molecule has 0 bridgehead atoms. The third-order valence-electron chi connectivity index (χ3n) is 3.73. The molecule has 1 aliphatic rings. The maximum Gasteiger partial charge on any atom is 0.310 e. The van der Waals surface area contributed by atoms with Crippen LogP contribution in [0.5, 0.6) is 0 Å². The molecule has 0 aromatic carbocycles. The maximum atomic E-state index is 11.4. The second-order valence-corrected chi connectivity index (χ2v) is 4.90. The van der Waals surface area contributed by atoms with Crippen LogP contribution >= 0.6 is 0 Å². The van der Waals surface area contributed by atoms with Gasteiger partial charge in [0.05, 0.1) is 5.41 Å². The van der Waals surface area contributed by atoms with E-state index in [2.05, 4.69) is 13.8 Å². The third-order valence-corrected chi connectivity index (χ3v) is 3.73. The highest BCUT2D eigenvalue weighted by molar-refractivity contribution is 5.76. The van der Waals surface area contributed by atoms with Crippen LogP contribution in [0.1, 0.15) is 52.4 Å². The molecule has 0 aromatic rings. The quantitative estimate of drug-likeness (QED) is 0.712. The predicted octanol–water partition coefficient (Wildman–Crippen LogP) is 2.39. The lowest BCUT2D eigenvalue weighted by Gasteiger charge is -2.48. The summed E-state index contributed by atoms with van der Waals surface area (Å²) in [6.45, 7) is 4.24. The molecule has 3 heteroatoms. The minimum Gasteiger partial charge on any atom is -0.481 e. The molecule has 0 spiro atoms. The van der Waals surface area contributed by atoms with Gasteiger partial charge in [-0.2, -0.15) is 0 Å². The summed E-state index contributed by atoms with van der Waals surface area (Å²) in [5.41, 5.74) is 5.26. The summed E-state index contributed by atoms with van der Waals surface area (Å²) in [6, 6.07) is 0.109. The molecule has 1 aliphatic carbocycles. The van der Waals surface area contributed by atoms with Crippen molar-refractivity contribution in [1.82, 2.24) is 0 Å². The van der Waals surface area contributed by atoms with Crippen LogP contribution in [0.15, 0.2) is 0 Å². The fourth-order valence-electron chi connectivity index (χ4n) is 2.95. The van der Waals surface area contributed by atoms with E-state index in [0.29, 0.717) is 18.8 Å². The molecule has 1 fully saturated rings. The lowest BCUT2D eigenvalue weighted by molar-refractivity contribution is -0.162. The van der Waals surface area contributed by atoms with Gasteiger partial charge < -0.3 is 10.8 Å². The highest BCUT2D eigenvalue weighted by atomic mass is 16.4. The predicted molar refractivity (Wildman–Crippen MR) is 60.6 cm³/mol. The summed E-state index contributed by atoms with van der Waals surface area (Å²) in [5, 5.41) is 9.37. The molecule has 88 valence electrons. The molecule has 0 amide bonds. The summed E-state index contributed by atoms with van der Waals surface area (Å²) < 4.78 is 0. The van der Waals surface area contributed by atoms with Crippen molar-refractivity contribution in [3.8, 4) is 0 Å². The van der Waals surface area contributed by atoms with Gasteiger partial charge in [-0.25, -0.2) is 0 Å². The monoisotopic (exact) mass is 213 g/mol. The highest BCUT2D eigenvalue weighted by Gasteiger charge is 2.53. The van der Waals surface area contributed by atoms with Crippen LogP contribution in [0.3, 0.4) is 0 Å². The minimum atomic E-state index is -0.629. The number of aliphatic carboxylic acids is 1.